The van der Waals surface area contributed by atoms with Crippen molar-refractivity contribution in [3.8, 4) is 5.75 Å². The van der Waals surface area contributed by atoms with Crippen molar-refractivity contribution in [2.75, 3.05) is 7.11 Å². The van der Waals surface area contributed by atoms with Gasteiger partial charge in [0.1, 0.15) is 12.4 Å². The van der Waals surface area contributed by atoms with Crippen LogP contribution >= 0.6 is 0 Å². The summed E-state index contributed by atoms with van der Waals surface area (Å²) in [5.41, 5.74) is 1.06. The molecule has 0 spiro atoms. The van der Waals surface area contributed by atoms with E-state index in [1.807, 2.05) is 24.3 Å². The first-order valence-corrected chi connectivity index (χ1v) is 4.87. The first-order chi connectivity index (χ1) is 7.81. The molecule has 0 fully saturated rings. The van der Waals surface area contributed by atoms with Gasteiger partial charge in [-0.1, -0.05) is 17.3 Å². The molecule has 0 radical (unpaired) electrons. The molecule has 5 nitrogen and oxygen atoms in total. The highest BCUT2D eigenvalue weighted by Crippen LogP contribution is 2.13. The Hall–Kier alpha value is -1.88. The van der Waals surface area contributed by atoms with Crippen LogP contribution in [0.1, 0.15) is 17.3 Å². The van der Waals surface area contributed by atoms with Gasteiger partial charge in [0.15, 0.2) is 5.82 Å². The molecule has 2 rings (SSSR count). The smallest absolute Gasteiger partial charge is 0.252 e. The van der Waals surface area contributed by atoms with Crippen LogP contribution in [0.3, 0.4) is 0 Å². The fraction of sp³-hybridized carbons (Fsp3) is 0.273. The minimum absolute atomic E-state index is 0.227. The number of hydrogen-bond acceptors (Lipinski definition) is 5. The quantitative estimate of drug-likeness (QED) is 0.837. The summed E-state index contributed by atoms with van der Waals surface area (Å²) in [5.74, 6) is 1.62. The van der Waals surface area contributed by atoms with E-state index in [1.165, 1.54) is 0 Å². The van der Waals surface area contributed by atoms with E-state index in [-0.39, 0.29) is 12.5 Å². The fourth-order valence-electron chi connectivity index (χ4n) is 1.35. The first-order valence-electron chi connectivity index (χ1n) is 4.87. The number of nitrogens with zero attached hydrogens (tertiary/aromatic N) is 2. The zero-order valence-corrected chi connectivity index (χ0v) is 8.88. The molecule has 84 valence electrons. The summed E-state index contributed by atoms with van der Waals surface area (Å²) in [6, 6.07) is 7.63. The molecule has 0 amide bonds. The third-order valence-electron chi connectivity index (χ3n) is 2.17. The Bertz CT molecular complexity index is 451. The number of methoxy groups -OCH3 is 1. The summed E-state index contributed by atoms with van der Waals surface area (Å²) in [7, 11) is 1.63. The van der Waals surface area contributed by atoms with Crippen molar-refractivity contribution < 1.29 is 14.4 Å². The third kappa shape index (κ3) is 2.38. The van der Waals surface area contributed by atoms with Gasteiger partial charge in [0.05, 0.1) is 7.11 Å². The Morgan fingerprint density at radius 2 is 2.06 bits per heavy atom. The van der Waals surface area contributed by atoms with Crippen LogP contribution in [0.5, 0.6) is 5.75 Å². The van der Waals surface area contributed by atoms with E-state index >= 15 is 0 Å². The molecule has 5 heteroatoms. The second-order valence-corrected chi connectivity index (χ2v) is 3.29. The van der Waals surface area contributed by atoms with Crippen LogP contribution in [0.25, 0.3) is 0 Å². The number of aliphatic hydroxyl groups is 1. The number of ether oxygens (including phenoxy) is 1. The molecule has 0 atom stereocenters. The lowest BCUT2D eigenvalue weighted by molar-refractivity contribution is 0.222. The van der Waals surface area contributed by atoms with Crippen molar-refractivity contribution >= 4 is 0 Å². The van der Waals surface area contributed by atoms with E-state index in [2.05, 4.69) is 10.1 Å². The van der Waals surface area contributed by atoms with Crippen molar-refractivity contribution in [1.82, 2.24) is 10.1 Å². The monoisotopic (exact) mass is 220 g/mol. The molecule has 1 aromatic heterocycles. The predicted molar refractivity (Wildman–Crippen MR) is 56.0 cm³/mol. The van der Waals surface area contributed by atoms with Gasteiger partial charge in [0, 0.05) is 6.42 Å². The molecular formula is C11H12N2O3. The summed E-state index contributed by atoms with van der Waals surface area (Å²) < 4.78 is 9.85. The van der Waals surface area contributed by atoms with Crippen LogP contribution in [-0.4, -0.2) is 22.4 Å². The lowest BCUT2D eigenvalue weighted by atomic mass is 10.1. The molecule has 1 aromatic carbocycles. The predicted octanol–water partition coefficient (Wildman–Crippen LogP) is 1.16. The van der Waals surface area contributed by atoms with E-state index in [4.69, 9.17) is 14.4 Å². The average Bonchev–Trinajstić information content (AvgIpc) is 2.78. The Morgan fingerprint density at radius 3 is 2.62 bits per heavy atom. The topological polar surface area (TPSA) is 68.4 Å². The summed E-state index contributed by atoms with van der Waals surface area (Å²) in [6.45, 7) is -0.227. The third-order valence-corrected chi connectivity index (χ3v) is 2.17. The van der Waals surface area contributed by atoms with Gasteiger partial charge in [0.25, 0.3) is 5.89 Å². The lowest BCUT2D eigenvalue weighted by Crippen LogP contribution is -1.92. The highest BCUT2D eigenvalue weighted by molar-refractivity contribution is 5.28. The molecule has 0 bridgehead atoms. The second-order valence-electron chi connectivity index (χ2n) is 3.29. The molecule has 0 aliphatic heterocycles. The van der Waals surface area contributed by atoms with Gasteiger partial charge in [0.2, 0.25) is 0 Å². The van der Waals surface area contributed by atoms with Gasteiger partial charge in [-0.05, 0) is 17.7 Å². The zero-order chi connectivity index (χ0) is 11.4. The number of rotatable bonds is 4. The van der Waals surface area contributed by atoms with Crippen molar-refractivity contribution in [3.05, 3.63) is 41.5 Å². The molecular weight excluding hydrogens is 208 g/mol. The largest absolute Gasteiger partial charge is 0.497 e. The number of hydrogen-bond donors (Lipinski definition) is 1. The molecule has 0 saturated carbocycles. The van der Waals surface area contributed by atoms with Gasteiger partial charge in [-0.15, -0.1) is 0 Å². The lowest BCUT2D eigenvalue weighted by Gasteiger charge is -2.00. The van der Waals surface area contributed by atoms with E-state index < -0.39 is 0 Å². The summed E-state index contributed by atoms with van der Waals surface area (Å²) in [6.07, 6.45) is 0.577. The average molecular weight is 220 g/mol. The van der Waals surface area contributed by atoms with Crippen molar-refractivity contribution in [3.63, 3.8) is 0 Å². The maximum Gasteiger partial charge on any atom is 0.252 e. The van der Waals surface area contributed by atoms with E-state index in [9.17, 15) is 0 Å². The Morgan fingerprint density at radius 1 is 1.31 bits per heavy atom. The normalized spacial score (nSPS) is 10.4. The van der Waals surface area contributed by atoms with Gasteiger partial charge >= 0.3 is 0 Å². The molecule has 0 aliphatic rings. The van der Waals surface area contributed by atoms with Crippen LogP contribution in [-0.2, 0) is 13.0 Å². The minimum Gasteiger partial charge on any atom is -0.497 e. The van der Waals surface area contributed by atoms with Crippen LogP contribution in [0, 0.1) is 0 Å². The zero-order valence-electron chi connectivity index (χ0n) is 8.88. The van der Waals surface area contributed by atoms with Crippen LogP contribution in [0.4, 0.5) is 0 Å². The molecule has 0 saturated heterocycles. The summed E-state index contributed by atoms with van der Waals surface area (Å²) >= 11 is 0. The molecule has 0 aliphatic carbocycles. The molecule has 1 heterocycles. The summed E-state index contributed by atoms with van der Waals surface area (Å²) in [4.78, 5) is 4.01. The van der Waals surface area contributed by atoms with E-state index in [0.29, 0.717) is 12.2 Å². The number of aromatic nitrogens is 2. The second kappa shape index (κ2) is 4.76. The van der Waals surface area contributed by atoms with E-state index in [1.54, 1.807) is 7.11 Å². The molecule has 16 heavy (non-hydrogen) atoms. The SMILES string of the molecule is COc1ccc(Cc2noc(CO)n2)cc1. The van der Waals surface area contributed by atoms with Gasteiger partial charge in [-0.25, -0.2) is 0 Å². The van der Waals surface area contributed by atoms with Crippen molar-refractivity contribution in [2.24, 2.45) is 0 Å². The Labute approximate surface area is 92.7 Å². The minimum atomic E-state index is -0.227. The Kier molecular flexibility index (Phi) is 3.16. The van der Waals surface area contributed by atoms with Crippen LogP contribution in [0.2, 0.25) is 0 Å². The van der Waals surface area contributed by atoms with Gasteiger partial charge < -0.3 is 14.4 Å². The fourth-order valence-corrected chi connectivity index (χ4v) is 1.35. The van der Waals surface area contributed by atoms with Crippen LogP contribution < -0.4 is 4.74 Å². The number of aliphatic hydroxyl groups excluding tert-OH is 1. The molecule has 2 aromatic rings. The van der Waals surface area contributed by atoms with E-state index in [0.717, 1.165) is 11.3 Å². The summed E-state index contributed by atoms with van der Waals surface area (Å²) in [5, 5.41) is 12.5. The van der Waals surface area contributed by atoms with Gasteiger partial charge in [-0.2, -0.15) is 4.98 Å². The highest BCUT2D eigenvalue weighted by atomic mass is 16.5. The Balaban J connectivity index is 2.08. The van der Waals surface area contributed by atoms with Crippen molar-refractivity contribution in [2.45, 2.75) is 13.0 Å². The molecule has 0 unspecified atom stereocenters. The highest BCUT2D eigenvalue weighted by Gasteiger charge is 2.05. The van der Waals surface area contributed by atoms with Crippen LogP contribution in [0.15, 0.2) is 28.8 Å². The van der Waals surface area contributed by atoms with Gasteiger partial charge in [-0.3, -0.25) is 0 Å². The maximum absolute atomic E-state index is 8.77. The first kappa shape index (κ1) is 10.6. The standard InChI is InChI=1S/C11H12N2O3/c1-15-9-4-2-8(3-5-9)6-10-12-11(7-14)16-13-10/h2-5,14H,6-7H2,1H3. The molecule has 1 N–H and O–H groups in total. The maximum atomic E-state index is 8.77. The number of benzene rings is 1. The van der Waals surface area contributed by atoms with Crippen molar-refractivity contribution in [1.29, 1.82) is 0 Å².